The molecular formula is C14H21FN2O. The summed E-state index contributed by atoms with van der Waals surface area (Å²) in [5.41, 5.74) is 6.20. The van der Waals surface area contributed by atoms with Gasteiger partial charge in [-0.15, -0.1) is 0 Å². The van der Waals surface area contributed by atoms with Gasteiger partial charge in [-0.25, -0.2) is 4.39 Å². The summed E-state index contributed by atoms with van der Waals surface area (Å²) in [7, 11) is 0. The van der Waals surface area contributed by atoms with E-state index in [0.29, 0.717) is 17.7 Å². The van der Waals surface area contributed by atoms with Crippen LogP contribution in [0.4, 0.5) is 4.39 Å². The van der Waals surface area contributed by atoms with Crippen LogP contribution in [0.25, 0.3) is 0 Å². The minimum atomic E-state index is -0.365. The summed E-state index contributed by atoms with van der Waals surface area (Å²) in [6.07, 6.45) is 4.58. The zero-order valence-electron chi connectivity index (χ0n) is 10.8. The molecule has 0 atom stereocenters. The Kier molecular flexibility index (Phi) is 6.36. The predicted molar refractivity (Wildman–Crippen MR) is 71.2 cm³/mol. The molecule has 18 heavy (non-hydrogen) atoms. The van der Waals surface area contributed by atoms with Gasteiger partial charge in [0.05, 0.1) is 6.61 Å². The van der Waals surface area contributed by atoms with Crippen molar-refractivity contribution in [2.45, 2.75) is 39.2 Å². The van der Waals surface area contributed by atoms with Gasteiger partial charge in [-0.3, -0.25) is 5.41 Å². The third kappa shape index (κ3) is 4.84. The monoisotopic (exact) mass is 252 g/mol. The Morgan fingerprint density at radius 3 is 2.72 bits per heavy atom. The Hall–Kier alpha value is -1.42. The fraction of sp³-hybridized carbons (Fsp3) is 0.500. The van der Waals surface area contributed by atoms with Gasteiger partial charge in [0.1, 0.15) is 11.7 Å². The Morgan fingerprint density at radius 1 is 1.33 bits per heavy atom. The molecule has 3 N–H and O–H groups in total. The lowest BCUT2D eigenvalue weighted by molar-refractivity contribution is 0.114. The van der Waals surface area contributed by atoms with E-state index in [0.717, 1.165) is 12.8 Å². The third-order valence-corrected chi connectivity index (χ3v) is 2.76. The lowest BCUT2D eigenvalue weighted by Gasteiger charge is -2.07. The molecule has 4 heteroatoms. The zero-order chi connectivity index (χ0) is 13.4. The molecular weight excluding hydrogens is 231 g/mol. The van der Waals surface area contributed by atoms with Gasteiger partial charge in [-0.05, 0) is 12.5 Å². The molecule has 0 saturated heterocycles. The molecule has 0 fully saturated rings. The normalized spacial score (nSPS) is 10.6. The number of halogens is 1. The highest BCUT2D eigenvalue weighted by Gasteiger charge is 2.05. The first kappa shape index (κ1) is 14.6. The number of ether oxygens (including phenoxy) is 1. The average Bonchev–Trinajstić information content (AvgIpc) is 2.35. The minimum Gasteiger partial charge on any atom is -0.384 e. The molecule has 0 bridgehead atoms. The maximum Gasteiger partial charge on any atom is 0.129 e. The SMILES string of the molecule is CCCCCCOCc1ccc(C(=N)N)cc1F. The maximum atomic E-state index is 13.6. The van der Waals surface area contributed by atoms with Gasteiger partial charge in [0, 0.05) is 17.7 Å². The first-order valence-electron chi connectivity index (χ1n) is 6.35. The molecule has 0 radical (unpaired) electrons. The van der Waals surface area contributed by atoms with Crippen molar-refractivity contribution < 1.29 is 9.13 Å². The number of benzene rings is 1. The van der Waals surface area contributed by atoms with Crippen LogP contribution >= 0.6 is 0 Å². The van der Waals surface area contributed by atoms with E-state index in [1.54, 1.807) is 12.1 Å². The summed E-state index contributed by atoms with van der Waals surface area (Å²) >= 11 is 0. The van der Waals surface area contributed by atoms with Crippen LogP contribution in [0.5, 0.6) is 0 Å². The molecule has 0 aliphatic heterocycles. The standard InChI is InChI=1S/C14H21FN2O/c1-2-3-4-5-8-18-10-12-7-6-11(14(16)17)9-13(12)15/h6-7,9H,2-5,8,10H2,1H3,(H3,16,17). The van der Waals surface area contributed by atoms with Gasteiger partial charge < -0.3 is 10.5 Å². The molecule has 0 spiro atoms. The van der Waals surface area contributed by atoms with Crippen LogP contribution in [0.1, 0.15) is 43.7 Å². The number of unbranched alkanes of at least 4 members (excludes halogenated alkanes) is 3. The average molecular weight is 252 g/mol. The highest BCUT2D eigenvalue weighted by atomic mass is 19.1. The number of amidine groups is 1. The van der Waals surface area contributed by atoms with E-state index in [4.69, 9.17) is 15.9 Å². The van der Waals surface area contributed by atoms with Crippen LogP contribution in [-0.4, -0.2) is 12.4 Å². The molecule has 0 aliphatic carbocycles. The number of rotatable bonds is 8. The first-order chi connectivity index (χ1) is 8.65. The largest absolute Gasteiger partial charge is 0.384 e. The number of hydrogen-bond donors (Lipinski definition) is 2. The van der Waals surface area contributed by atoms with Gasteiger partial charge in [0.2, 0.25) is 0 Å². The second kappa shape index (κ2) is 7.82. The molecule has 1 aromatic rings. The maximum absolute atomic E-state index is 13.6. The molecule has 100 valence electrons. The second-order valence-corrected chi connectivity index (χ2v) is 4.33. The van der Waals surface area contributed by atoms with Crippen molar-refractivity contribution >= 4 is 5.84 Å². The molecule has 1 aromatic carbocycles. The van der Waals surface area contributed by atoms with Crippen LogP contribution in [0, 0.1) is 11.2 Å². The molecule has 1 rings (SSSR count). The zero-order valence-corrected chi connectivity index (χ0v) is 10.8. The van der Waals surface area contributed by atoms with E-state index >= 15 is 0 Å². The van der Waals surface area contributed by atoms with Crippen LogP contribution in [0.3, 0.4) is 0 Å². The molecule has 0 amide bonds. The minimum absolute atomic E-state index is 0.124. The molecule has 0 saturated carbocycles. The van der Waals surface area contributed by atoms with Gasteiger partial charge >= 0.3 is 0 Å². The quantitative estimate of drug-likeness (QED) is 0.424. The van der Waals surface area contributed by atoms with Crippen LogP contribution in [0.15, 0.2) is 18.2 Å². The predicted octanol–water partition coefficient (Wildman–Crippen LogP) is 3.21. The van der Waals surface area contributed by atoms with Crippen molar-refractivity contribution in [2.75, 3.05) is 6.61 Å². The fourth-order valence-corrected chi connectivity index (χ4v) is 1.64. The highest BCUT2D eigenvalue weighted by molar-refractivity contribution is 5.94. The van der Waals surface area contributed by atoms with Gasteiger partial charge in [-0.1, -0.05) is 38.3 Å². The van der Waals surface area contributed by atoms with E-state index in [9.17, 15) is 4.39 Å². The smallest absolute Gasteiger partial charge is 0.129 e. The summed E-state index contributed by atoms with van der Waals surface area (Å²) in [4.78, 5) is 0. The van der Waals surface area contributed by atoms with E-state index in [1.165, 1.54) is 18.9 Å². The second-order valence-electron chi connectivity index (χ2n) is 4.33. The third-order valence-electron chi connectivity index (χ3n) is 2.76. The van der Waals surface area contributed by atoms with Gasteiger partial charge in [-0.2, -0.15) is 0 Å². The topological polar surface area (TPSA) is 59.1 Å². The van der Waals surface area contributed by atoms with E-state index < -0.39 is 0 Å². The Labute approximate surface area is 108 Å². The summed E-state index contributed by atoms with van der Waals surface area (Å²) < 4.78 is 19.0. The van der Waals surface area contributed by atoms with Crippen LogP contribution in [-0.2, 0) is 11.3 Å². The fourth-order valence-electron chi connectivity index (χ4n) is 1.64. The van der Waals surface area contributed by atoms with E-state index in [-0.39, 0.29) is 18.3 Å². The number of nitrogens with two attached hydrogens (primary N) is 1. The molecule has 0 aliphatic rings. The van der Waals surface area contributed by atoms with Crippen molar-refractivity contribution in [3.8, 4) is 0 Å². The lowest BCUT2D eigenvalue weighted by Crippen LogP contribution is -2.11. The first-order valence-corrected chi connectivity index (χ1v) is 6.35. The molecule has 0 aromatic heterocycles. The van der Waals surface area contributed by atoms with Crippen LogP contribution in [0.2, 0.25) is 0 Å². The summed E-state index contributed by atoms with van der Waals surface area (Å²) in [6.45, 7) is 3.09. The number of nitrogen functional groups attached to an aromatic ring is 1. The Morgan fingerprint density at radius 2 is 2.11 bits per heavy atom. The van der Waals surface area contributed by atoms with Crippen molar-refractivity contribution in [2.24, 2.45) is 5.73 Å². The Bertz CT molecular complexity index is 393. The molecule has 0 heterocycles. The lowest BCUT2D eigenvalue weighted by atomic mass is 10.1. The molecule has 0 unspecified atom stereocenters. The van der Waals surface area contributed by atoms with Crippen molar-refractivity contribution in [1.29, 1.82) is 5.41 Å². The van der Waals surface area contributed by atoms with E-state index in [2.05, 4.69) is 6.92 Å². The van der Waals surface area contributed by atoms with Crippen molar-refractivity contribution in [3.63, 3.8) is 0 Å². The Balaban J connectivity index is 2.36. The summed E-state index contributed by atoms with van der Waals surface area (Å²) in [6, 6.07) is 4.54. The summed E-state index contributed by atoms with van der Waals surface area (Å²) in [5, 5.41) is 7.21. The van der Waals surface area contributed by atoms with E-state index in [1.807, 2.05) is 0 Å². The van der Waals surface area contributed by atoms with Crippen molar-refractivity contribution in [3.05, 3.63) is 35.1 Å². The number of hydrogen-bond acceptors (Lipinski definition) is 2. The number of nitrogens with one attached hydrogen (secondary N) is 1. The highest BCUT2D eigenvalue weighted by Crippen LogP contribution is 2.12. The van der Waals surface area contributed by atoms with Gasteiger partial charge in [0.25, 0.3) is 0 Å². The van der Waals surface area contributed by atoms with Crippen LogP contribution < -0.4 is 5.73 Å². The molecule has 3 nitrogen and oxygen atoms in total. The van der Waals surface area contributed by atoms with Gasteiger partial charge in [0.15, 0.2) is 0 Å². The van der Waals surface area contributed by atoms with Crippen molar-refractivity contribution in [1.82, 2.24) is 0 Å². The summed E-state index contributed by atoms with van der Waals surface area (Å²) in [5.74, 6) is -0.489.